The van der Waals surface area contributed by atoms with Gasteiger partial charge in [0.15, 0.2) is 5.11 Å². The molecule has 4 heteroatoms. The quantitative estimate of drug-likeness (QED) is 0.519. The molecule has 0 unspecified atom stereocenters. The van der Waals surface area contributed by atoms with E-state index in [1.807, 2.05) is 0 Å². The Morgan fingerprint density at radius 1 is 1.33 bits per heavy atom. The van der Waals surface area contributed by atoms with Gasteiger partial charge in [-0.2, -0.15) is 0 Å². The zero-order valence-corrected chi connectivity index (χ0v) is 11.2. The maximum absolute atomic E-state index is 5.16. The molecule has 0 spiro atoms. The highest BCUT2D eigenvalue weighted by Gasteiger charge is 2.14. The minimum Gasteiger partial charge on any atom is -0.385 e. The molecule has 90 valence electrons. The summed E-state index contributed by atoms with van der Waals surface area (Å²) in [4.78, 5) is 0. The summed E-state index contributed by atoms with van der Waals surface area (Å²) in [5.41, 5.74) is 0.304. The van der Waals surface area contributed by atoms with Crippen molar-refractivity contribution in [3.63, 3.8) is 0 Å². The summed E-state index contributed by atoms with van der Waals surface area (Å²) in [6, 6.07) is 0. The van der Waals surface area contributed by atoms with Gasteiger partial charge in [-0.05, 0) is 30.5 Å². The summed E-state index contributed by atoms with van der Waals surface area (Å²) >= 11 is 5.16. The van der Waals surface area contributed by atoms with Gasteiger partial charge in [0.25, 0.3) is 0 Å². The topological polar surface area (TPSA) is 33.3 Å². The maximum atomic E-state index is 5.16. The summed E-state index contributed by atoms with van der Waals surface area (Å²) in [6.45, 7) is 9.21. The molecule has 0 aromatic rings. The lowest BCUT2D eigenvalue weighted by Crippen LogP contribution is -2.40. The molecule has 0 aliphatic carbocycles. The van der Waals surface area contributed by atoms with Crippen LogP contribution in [0.15, 0.2) is 0 Å². The molecule has 0 aliphatic heterocycles. The number of thiocarbonyl (C=S) groups is 1. The first-order valence-corrected chi connectivity index (χ1v) is 5.93. The van der Waals surface area contributed by atoms with Gasteiger partial charge in [0.1, 0.15) is 0 Å². The zero-order valence-electron chi connectivity index (χ0n) is 10.4. The minimum atomic E-state index is 0.304. The number of ether oxygens (including phenoxy) is 1. The van der Waals surface area contributed by atoms with E-state index in [-0.39, 0.29) is 0 Å². The predicted molar refractivity (Wildman–Crippen MR) is 69.2 cm³/mol. The van der Waals surface area contributed by atoms with Crippen LogP contribution >= 0.6 is 12.2 Å². The Morgan fingerprint density at radius 2 is 2.00 bits per heavy atom. The van der Waals surface area contributed by atoms with E-state index in [1.54, 1.807) is 7.11 Å². The third-order valence-corrected chi connectivity index (χ3v) is 2.78. The molecule has 0 aliphatic rings. The van der Waals surface area contributed by atoms with E-state index in [2.05, 4.69) is 31.4 Å². The molecule has 0 rings (SSSR count). The Kier molecular flexibility index (Phi) is 7.70. The lowest BCUT2D eigenvalue weighted by Gasteiger charge is -2.23. The Labute approximate surface area is 99.0 Å². The smallest absolute Gasteiger partial charge is 0.166 e. The van der Waals surface area contributed by atoms with Crippen molar-refractivity contribution < 1.29 is 4.74 Å². The molecule has 0 saturated carbocycles. The fourth-order valence-corrected chi connectivity index (χ4v) is 1.10. The van der Waals surface area contributed by atoms with Crippen molar-refractivity contribution in [2.75, 3.05) is 26.8 Å². The molecular weight excluding hydrogens is 208 g/mol. The molecule has 0 bridgehead atoms. The van der Waals surface area contributed by atoms with Crippen LogP contribution in [0.3, 0.4) is 0 Å². The third kappa shape index (κ3) is 8.63. The molecule has 0 heterocycles. The first-order valence-electron chi connectivity index (χ1n) is 5.52. The first-order chi connectivity index (χ1) is 7.02. The minimum absolute atomic E-state index is 0.304. The lowest BCUT2D eigenvalue weighted by atomic mass is 9.90. The van der Waals surface area contributed by atoms with Gasteiger partial charge in [0, 0.05) is 26.8 Å². The van der Waals surface area contributed by atoms with E-state index in [0.717, 1.165) is 37.7 Å². The highest BCUT2D eigenvalue weighted by Crippen LogP contribution is 2.17. The van der Waals surface area contributed by atoms with Gasteiger partial charge in [-0.15, -0.1) is 0 Å². The van der Waals surface area contributed by atoms with Gasteiger partial charge in [-0.25, -0.2) is 0 Å². The molecule has 0 aromatic heterocycles. The van der Waals surface area contributed by atoms with Gasteiger partial charge >= 0.3 is 0 Å². The second kappa shape index (κ2) is 7.88. The van der Waals surface area contributed by atoms with E-state index in [0.29, 0.717) is 5.41 Å². The van der Waals surface area contributed by atoms with Gasteiger partial charge in [0.2, 0.25) is 0 Å². The number of rotatable bonds is 7. The van der Waals surface area contributed by atoms with Gasteiger partial charge in [-0.1, -0.05) is 20.8 Å². The standard InChI is InChI=1S/C11H24N2OS/c1-5-11(2,3)9-13-10(15)12-7-6-8-14-4/h5-9H2,1-4H3,(H2,12,13,15). The molecule has 0 amide bonds. The van der Waals surface area contributed by atoms with E-state index in [4.69, 9.17) is 17.0 Å². The molecule has 0 saturated heterocycles. The lowest BCUT2D eigenvalue weighted by molar-refractivity contribution is 0.195. The SMILES string of the molecule is CCC(C)(C)CNC(=S)NCCCOC. The number of hydrogen-bond acceptors (Lipinski definition) is 2. The van der Waals surface area contributed by atoms with Gasteiger partial charge in [0.05, 0.1) is 0 Å². The molecule has 2 N–H and O–H groups in total. The van der Waals surface area contributed by atoms with Crippen LogP contribution in [0.2, 0.25) is 0 Å². The average Bonchev–Trinajstić information content (AvgIpc) is 2.22. The van der Waals surface area contributed by atoms with E-state index in [1.165, 1.54) is 0 Å². The summed E-state index contributed by atoms with van der Waals surface area (Å²) in [5, 5.41) is 7.13. The first kappa shape index (κ1) is 14.6. The Hall–Kier alpha value is -0.350. The van der Waals surface area contributed by atoms with Crippen LogP contribution in [-0.4, -0.2) is 31.9 Å². The van der Waals surface area contributed by atoms with Gasteiger partial charge in [-0.3, -0.25) is 0 Å². The average molecular weight is 232 g/mol. The van der Waals surface area contributed by atoms with Crippen molar-refractivity contribution in [2.45, 2.75) is 33.6 Å². The Morgan fingerprint density at radius 3 is 2.53 bits per heavy atom. The second-order valence-electron chi connectivity index (χ2n) is 4.47. The fraction of sp³-hybridized carbons (Fsp3) is 0.909. The van der Waals surface area contributed by atoms with Crippen LogP contribution in [-0.2, 0) is 4.74 Å². The van der Waals surface area contributed by atoms with Crippen molar-refractivity contribution in [2.24, 2.45) is 5.41 Å². The molecule has 0 fully saturated rings. The fourth-order valence-electron chi connectivity index (χ4n) is 0.925. The normalized spacial score (nSPS) is 11.2. The number of hydrogen-bond donors (Lipinski definition) is 2. The molecule has 15 heavy (non-hydrogen) atoms. The molecule has 0 atom stereocenters. The van der Waals surface area contributed by atoms with Crippen molar-refractivity contribution in [1.29, 1.82) is 0 Å². The number of methoxy groups -OCH3 is 1. The Balaban J connectivity index is 3.49. The molecule has 3 nitrogen and oxygen atoms in total. The largest absolute Gasteiger partial charge is 0.385 e. The van der Waals surface area contributed by atoms with Crippen molar-refractivity contribution >= 4 is 17.3 Å². The van der Waals surface area contributed by atoms with Gasteiger partial charge < -0.3 is 15.4 Å². The van der Waals surface area contributed by atoms with Crippen molar-refractivity contribution in [1.82, 2.24) is 10.6 Å². The van der Waals surface area contributed by atoms with Crippen LogP contribution in [0.4, 0.5) is 0 Å². The van der Waals surface area contributed by atoms with Crippen molar-refractivity contribution in [3.05, 3.63) is 0 Å². The van der Waals surface area contributed by atoms with E-state index < -0.39 is 0 Å². The highest BCUT2D eigenvalue weighted by atomic mass is 32.1. The third-order valence-electron chi connectivity index (χ3n) is 2.50. The highest BCUT2D eigenvalue weighted by molar-refractivity contribution is 7.80. The van der Waals surface area contributed by atoms with Crippen LogP contribution in [0, 0.1) is 5.41 Å². The number of nitrogens with one attached hydrogen (secondary N) is 2. The summed E-state index contributed by atoms with van der Waals surface area (Å²) < 4.78 is 4.95. The monoisotopic (exact) mass is 232 g/mol. The Bertz CT molecular complexity index is 183. The van der Waals surface area contributed by atoms with Crippen LogP contribution in [0.1, 0.15) is 33.6 Å². The maximum Gasteiger partial charge on any atom is 0.166 e. The second-order valence-corrected chi connectivity index (χ2v) is 4.88. The van der Waals surface area contributed by atoms with E-state index >= 15 is 0 Å². The summed E-state index contributed by atoms with van der Waals surface area (Å²) in [5.74, 6) is 0. The zero-order chi connectivity index (χ0) is 11.7. The summed E-state index contributed by atoms with van der Waals surface area (Å²) in [7, 11) is 1.71. The molecule has 0 radical (unpaired) electrons. The predicted octanol–water partition coefficient (Wildman–Crippen LogP) is 1.92. The van der Waals surface area contributed by atoms with Crippen LogP contribution in [0.5, 0.6) is 0 Å². The van der Waals surface area contributed by atoms with Crippen LogP contribution in [0.25, 0.3) is 0 Å². The molecule has 0 aromatic carbocycles. The van der Waals surface area contributed by atoms with Crippen LogP contribution < -0.4 is 10.6 Å². The summed E-state index contributed by atoms with van der Waals surface area (Å²) in [6.07, 6.45) is 2.13. The molecular formula is C11H24N2OS. The van der Waals surface area contributed by atoms with E-state index in [9.17, 15) is 0 Å². The van der Waals surface area contributed by atoms with Crippen molar-refractivity contribution in [3.8, 4) is 0 Å².